The number of carbonyl (C=O) groups excluding carboxylic acids is 1. The van der Waals surface area contributed by atoms with Crippen LogP contribution in [0.2, 0.25) is 0 Å². The standard InChI is InChI=1S/C15H22N4O/c1-3-12-11-14(19(4-2)17-12)15(20)18(10-9-16)13-7-5-6-8-13/h11,13H,3-8,10H2,1-2H3. The lowest BCUT2D eigenvalue weighted by molar-refractivity contribution is 0.0696. The van der Waals surface area contributed by atoms with E-state index < -0.39 is 0 Å². The van der Waals surface area contributed by atoms with E-state index in [-0.39, 0.29) is 18.5 Å². The summed E-state index contributed by atoms with van der Waals surface area (Å²) in [5.41, 5.74) is 1.55. The number of aryl methyl sites for hydroxylation is 2. The van der Waals surface area contributed by atoms with Crippen LogP contribution in [-0.4, -0.2) is 33.2 Å². The highest BCUT2D eigenvalue weighted by Crippen LogP contribution is 2.25. The molecule has 2 rings (SSSR count). The molecule has 0 unspecified atom stereocenters. The second kappa shape index (κ2) is 6.56. The molecule has 1 aromatic rings. The molecule has 108 valence electrons. The number of hydrogen-bond acceptors (Lipinski definition) is 3. The highest BCUT2D eigenvalue weighted by molar-refractivity contribution is 5.93. The van der Waals surface area contributed by atoms with Crippen LogP contribution in [0.5, 0.6) is 0 Å². The number of hydrogen-bond donors (Lipinski definition) is 0. The van der Waals surface area contributed by atoms with E-state index in [1.165, 1.54) is 0 Å². The van der Waals surface area contributed by atoms with Crippen molar-refractivity contribution in [2.75, 3.05) is 6.54 Å². The van der Waals surface area contributed by atoms with E-state index >= 15 is 0 Å². The van der Waals surface area contributed by atoms with Crippen molar-refractivity contribution in [3.05, 3.63) is 17.5 Å². The van der Waals surface area contributed by atoms with E-state index in [0.29, 0.717) is 12.2 Å². The molecule has 1 aliphatic carbocycles. The molecular formula is C15H22N4O. The van der Waals surface area contributed by atoms with Crippen LogP contribution in [0.15, 0.2) is 6.07 Å². The topological polar surface area (TPSA) is 61.9 Å². The van der Waals surface area contributed by atoms with Gasteiger partial charge in [-0.05, 0) is 32.3 Å². The molecule has 0 N–H and O–H groups in total. The van der Waals surface area contributed by atoms with Gasteiger partial charge in [-0.1, -0.05) is 19.8 Å². The van der Waals surface area contributed by atoms with Crippen molar-refractivity contribution in [2.24, 2.45) is 0 Å². The van der Waals surface area contributed by atoms with Crippen molar-refractivity contribution >= 4 is 5.91 Å². The third kappa shape index (κ3) is 2.84. The number of rotatable bonds is 5. The zero-order chi connectivity index (χ0) is 14.5. The Morgan fingerprint density at radius 3 is 2.75 bits per heavy atom. The van der Waals surface area contributed by atoms with Crippen LogP contribution in [0.4, 0.5) is 0 Å². The third-order valence-electron chi connectivity index (χ3n) is 3.98. The fraction of sp³-hybridized carbons (Fsp3) is 0.667. The van der Waals surface area contributed by atoms with E-state index in [4.69, 9.17) is 5.26 Å². The van der Waals surface area contributed by atoms with Crippen LogP contribution < -0.4 is 0 Å². The average molecular weight is 274 g/mol. The van der Waals surface area contributed by atoms with Gasteiger partial charge in [-0.15, -0.1) is 0 Å². The molecule has 1 heterocycles. The molecule has 0 atom stereocenters. The van der Waals surface area contributed by atoms with Crippen molar-refractivity contribution < 1.29 is 4.79 Å². The Balaban J connectivity index is 2.26. The molecule has 5 heteroatoms. The minimum atomic E-state index is -0.0486. The lowest BCUT2D eigenvalue weighted by Gasteiger charge is -2.26. The molecule has 0 spiro atoms. The molecule has 20 heavy (non-hydrogen) atoms. The van der Waals surface area contributed by atoms with Gasteiger partial charge in [-0.2, -0.15) is 10.4 Å². The predicted octanol–water partition coefficient (Wildman–Crippen LogP) is 2.37. The Kier molecular flexibility index (Phi) is 4.78. The van der Waals surface area contributed by atoms with Crippen molar-refractivity contribution in [1.29, 1.82) is 5.26 Å². The first-order valence-corrected chi connectivity index (χ1v) is 7.45. The SMILES string of the molecule is CCc1cc(C(=O)N(CC#N)C2CCCC2)n(CC)n1. The van der Waals surface area contributed by atoms with Gasteiger partial charge in [0.05, 0.1) is 11.8 Å². The first-order valence-electron chi connectivity index (χ1n) is 7.45. The average Bonchev–Trinajstić information content (AvgIpc) is 3.12. The Morgan fingerprint density at radius 2 is 2.20 bits per heavy atom. The van der Waals surface area contributed by atoms with E-state index in [1.807, 2.05) is 19.9 Å². The van der Waals surface area contributed by atoms with Crippen LogP contribution >= 0.6 is 0 Å². The van der Waals surface area contributed by atoms with Gasteiger partial charge in [0.25, 0.3) is 5.91 Å². The maximum atomic E-state index is 12.7. The van der Waals surface area contributed by atoms with Gasteiger partial charge in [-0.25, -0.2) is 0 Å². The van der Waals surface area contributed by atoms with Gasteiger partial charge >= 0.3 is 0 Å². The summed E-state index contributed by atoms with van der Waals surface area (Å²) in [5.74, 6) is -0.0486. The van der Waals surface area contributed by atoms with Crippen LogP contribution in [0.25, 0.3) is 0 Å². The Hall–Kier alpha value is -1.83. The second-order valence-corrected chi connectivity index (χ2v) is 5.22. The van der Waals surface area contributed by atoms with Gasteiger partial charge in [0.2, 0.25) is 0 Å². The van der Waals surface area contributed by atoms with Crippen LogP contribution in [0.1, 0.15) is 55.7 Å². The molecule has 0 aromatic carbocycles. The van der Waals surface area contributed by atoms with Gasteiger partial charge in [-0.3, -0.25) is 9.48 Å². The van der Waals surface area contributed by atoms with Crippen molar-refractivity contribution in [2.45, 2.75) is 58.5 Å². The first-order chi connectivity index (χ1) is 9.71. The van der Waals surface area contributed by atoms with E-state index in [2.05, 4.69) is 11.2 Å². The molecule has 0 radical (unpaired) electrons. The summed E-state index contributed by atoms with van der Waals surface area (Å²) in [4.78, 5) is 14.5. The van der Waals surface area contributed by atoms with Gasteiger partial charge in [0.15, 0.2) is 0 Å². The monoisotopic (exact) mass is 274 g/mol. The molecule has 5 nitrogen and oxygen atoms in total. The summed E-state index contributed by atoms with van der Waals surface area (Å²) in [5, 5.41) is 13.4. The fourth-order valence-electron chi connectivity index (χ4n) is 2.86. The van der Waals surface area contributed by atoms with Crippen molar-refractivity contribution in [3.63, 3.8) is 0 Å². The number of aromatic nitrogens is 2. The minimum Gasteiger partial charge on any atom is -0.321 e. The van der Waals surface area contributed by atoms with Crippen LogP contribution in [0, 0.1) is 11.3 Å². The molecular weight excluding hydrogens is 252 g/mol. The largest absolute Gasteiger partial charge is 0.321 e. The molecule has 0 bridgehead atoms. The summed E-state index contributed by atoms with van der Waals surface area (Å²) in [7, 11) is 0. The zero-order valence-corrected chi connectivity index (χ0v) is 12.3. The lowest BCUT2D eigenvalue weighted by Crippen LogP contribution is -2.40. The minimum absolute atomic E-state index is 0.0486. The van der Waals surface area contributed by atoms with Crippen LogP contribution in [0.3, 0.4) is 0 Å². The number of amides is 1. The second-order valence-electron chi connectivity index (χ2n) is 5.22. The van der Waals surface area contributed by atoms with Gasteiger partial charge < -0.3 is 4.90 Å². The van der Waals surface area contributed by atoms with Crippen molar-refractivity contribution in [3.8, 4) is 6.07 Å². The maximum absolute atomic E-state index is 12.7. The summed E-state index contributed by atoms with van der Waals surface area (Å²) in [6.45, 7) is 4.85. The van der Waals surface area contributed by atoms with E-state index in [0.717, 1.165) is 37.8 Å². The summed E-state index contributed by atoms with van der Waals surface area (Å²) in [6.07, 6.45) is 5.12. The Bertz CT molecular complexity index is 508. The third-order valence-corrected chi connectivity index (χ3v) is 3.98. The Labute approximate surface area is 120 Å². The fourth-order valence-corrected chi connectivity index (χ4v) is 2.86. The molecule has 1 aliphatic rings. The quantitative estimate of drug-likeness (QED) is 0.774. The highest BCUT2D eigenvalue weighted by atomic mass is 16.2. The maximum Gasteiger partial charge on any atom is 0.273 e. The number of nitriles is 1. The summed E-state index contributed by atoms with van der Waals surface area (Å²) >= 11 is 0. The van der Waals surface area contributed by atoms with Crippen molar-refractivity contribution in [1.82, 2.24) is 14.7 Å². The van der Waals surface area contributed by atoms with Gasteiger partial charge in [0.1, 0.15) is 12.2 Å². The molecule has 0 aliphatic heterocycles. The zero-order valence-electron chi connectivity index (χ0n) is 12.3. The molecule has 1 aromatic heterocycles. The van der Waals surface area contributed by atoms with Crippen LogP contribution in [-0.2, 0) is 13.0 Å². The summed E-state index contributed by atoms with van der Waals surface area (Å²) < 4.78 is 1.75. The normalized spacial score (nSPS) is 15.2. The lowest BCUT2D eigenvalue weighted by atomic mass is 10.2. The highest BCUT2D eigenvalue weighted by Gasteiger charge is 2.29. The summed E-state index contributed by atoms with van der Waals surface area (Å²) in [6, 6.07) is 4.21. The number of carbonyl (C=O) groups is 1. The molecule has 1 fully saturated rings. The first kappa shape index (κ1) is 14.6. The van der Waals surface area contributed by atoms with Gasteiger partial charge in [0, 0.05) is 12.6 Å². The Morgan fingerprint density at radius 1 is 1.50 bits per heavy atom. The smallest absolute Gasteiger partial charge is 0.273 e. The molecule has 1 saturated carbocycles. The molecule has 0 saturated heterocycles. The number of nitrogens with zero attached hydrogens (tertiary/aromatic N) is 4. The molecule has 1 amide bonds. The van der Waals surface area contributed by atoms with E-state index in [9.17, 15) is 4.79 Å². The predicted molar refractivity (Wildman–Crippen MR) is 76.2 cm³/mol. The van der Waals surface area contributed by atoms with E-state index in [1.54, 1.807) is 9.58 Å².